The predicted molar refractivity (Wildman–Crippen MR) is 136 cm³/mol. The molecule has 0 bridgehead atoms. The molecule has 11 heteroatoms. The fraction of sp³-hybridized carbons (Fsp3) is 0.520. The Morgan fingerprint density at radius 3 is 2.53 bits per heavy atom. The van der Waals surface area contributed by atoms with Crippen molar-refractivity contribution in [1.82, 2.24) is 14.7 Å². The average molecular weight is 517 g/mol. The molecule has 3 heterocycles. The molecule has 1 amide bonds. The van der Waals surface area contributed by atoms with E-state index in [1.807, 2.05) is 28.1 Å². The number of amides is 1. The Bertz CT molecular complexity index is 1120. The lowest BCUT2D eigenvalue weighted by atomic mass is 9.79. The Hall–Kier alpha value is -2.73. The van der Waals surface area contributed by atoms with Gasteiger partial charge in [-0.2, -0.15) is 0 Å². The van der Waals surface area contributed by atoms with Crippen LogP contribution >= 0.6 is 11.8 Å². The van der Waals surface area contributed by atoms with E-state index in [2.05, 4.69) is 16.4 Å². The number of carbonyl (C=O) groups excluding carboxylic acids is 2. The molecule has 6 atom stereocenters. The first-order valence-electron chi connectivity index (χ1n) is 11.8. The lowest BCUT2D eigenvalue weighted by molar-refractivity contribution is -0.384. The number of ether oxygens (including phenoxy) is 1. The first kappa shape index (κ1) is 26.3. The number of nitro groups is 1. The largest absolute Gasteiger partial charge is 0.456 e. The number of nitro benzene ring substituents is 1. The van der Waals surface area contributed by atoms with Crippen LogP contribution in [0.4, 0.5) is 5.69 Å². The number of aliphatic hydroxyl groups is 1. The van der Waals surface area contributed by atoms with E-state index in [0.717, 1.165) is 17.0 Å². The summed E-state index contributed by atoms with van der Waals surface area (Å²) in [6.45, 7) is 8.55. The van der Waals surface area contributed by atoms with E-state index >= 15 is 0 Å². The third-order valence-electron chi connectivity index (χ3n) is 7.19. The molecule has 194 valence electrons. The van der Waals surface area contributed by atoms with Crippen molar-refractivity contribution < 1.29 is 24.4 Å². The van der Waals surface area contributed by atoms with Crippen molar-refractivity contribution in [3.05, 3.63) is 62.7 Å². The van der Waals surface area contributed by atoms with E-state index in [-0.39, 0.29) is 47.3 Å². The number of esters is 1. The summed E-state index contributed by atoms with van der Waals surface area (Å²) in [6, 6.07) is 5.47. The van der Waals surface area contributed by atoms with Gasteiger partial charge in [-0.05, 0) is 51.3 Å². The van der Waals surface area contributed by atoms with Gasteiger partial charge in [0.2, 0.25) is 5.91 Å². The minimum atomic E-state index is -0.825. The van der Waals surface area contributed by atoms with Crippen LogP contribution in [0.3, 0.4) is 0 Å². The molecule has 4 rings (SSSR count). The first-order valence-corrected chi connectivity index (χ1v) is 12.7. The molecule has 3 aliphatic heterocycles. The number of fused-ring (bicyclic) bond motifs is 1. The van der Waals surface area contributed by atoms with E-state index in [1.165, 1.54) is 29.2 Å². The molecule has 1 aromatic carbocycles. The van der Waals surface area contributed by atoms with Crippen LogP contribution in [0, 0.1) is 22.0 Å². The predicted octanol–water partition coefficient (Wildman–Crippen LogP) is 2.20. The van der Waals surface area contributed by atoms with Crippen LogP contribution in [-0.4, -0.2) is 87.9 Å². The van der Waals surface area contributed by atoms with Crippen molar-refractivity contribution in [3.8, 4) is 0 Å². The molecule has 2 fully saturated rings. The maximum absolute atomic E-state index is 13.4. The van der Waals surface area contributed by atoms with Gasteiger partial charge in [0.05, 0.1) is 29.2 Å². The molecular weight excluding hydrogens is 484 g/mol. The molecule has 1 N–H and O–H groups in total. The number of likely N-dealkylation sites (N-methyl/N-ethyl adjacent to an activating group) is 2. The molecule has 1 aromatic rings. The number of aliphatic hydroxyl groups excluding tert-OH is 1. The third kappa shape index (κ3) is 4.45. The van der Waals surface area contributed by atoms with Crippen LogP contribution < -0.4 is 0 Å². The van der Waals surface area contributed by atoms with Gasteiger partial charge in [0.15, 0.2) is 0 Å². The van der Waals surface area contributed by atoms with Gasteiger partial charge in [-0.25, -0.2) is 4.79 Å². The summed E-state index contributed by atoms with van der Waals surface area (Å²) in [5, 5.41) is 21.1. The molecule has 2 saturated heterocycles. The fourth-order valence-corrected chi connectivity index (χ4v) is 7.06. The first-order chi connectivity index (χ1) is 16.9. The van der Waals surface area contributed by atoms with Gasteiger partial charge in [-0.1, -0.05) is 13.5 Å². The third-order valence-corrected chi connectivity index (χ3v) is 8.75. The average Bonchev–Trinajstić information content (AvgIpc) is 3.22. The van der Waals surface area contributed by atoms with Gasteiger partial charge >= 0.3 is 5.97 Å². The van der Waals surface area contributed by atoms with E-state index < -0.39 is 22.9 Å². The minimum Gasteiger partial charge on any atom is -0.456 e. The molecule has 0 saturated carbocycles. The number of nitrogens with zero attached hydrogens (tertiary/aromatic N) is 4. The van der Waals surface area contributed by atoms with Crippen molar-refractivity contribution in [2.45, 2.75) is 44.0 Å². The topological polar surface area (TPSA) is 116 Å². The highest BCUT2D eigenvalue weighted by molar-refractivity contribution is 8.04. The van der Waals surface area contributed by atoms with Crippen LogP contribution in [0.25, 0.3) is 0 Å². The maximum atomic E-state index is 13.4. The van der Waals surface area contributed by atoms with Crippen LogP contribution in [0.15, 0.2) is 47.0 Å². The Kier molecular flexibility index (Phi) is 7.29. The second-order valence-electron chi connectivity index (χ2n) is 9.92. The maximum Gasteiger partial charge on any atom is 0.356 e. The van der Waals surface area contributed by atoms with Crippen LogP contribution in [0.5, 0.6) is 0 Å². The van der Waals surface area contributed by atoms with Gasteiger partial charge < -0.3 is 14.7 Å². The van der Waals surface area contributed by atoms with Gasteiger partial charge in [-0.15, -0.1) is 11.8 Å². The number of likely N-dealkylation sites (tertiary alicyclic amines) is 1. The van der Waals surface area contributed by atoms with Gasteiger partial charge in [0, 0.05) is 34.8 Å². The number of hydrogen-bond acceptors (Lipinski definition) is 9. The number of non-ortho nitro benzene ring substituents is 1. The Labute approximate surface area is 214 Å². The van der Waals surface area contributed by atoms with E-state index in [4.69, 9.17) is 4.74 Å². The smallest absolute Gasteiger partial charge is 0.356 e. The van der Waals surface area contributed by atoms with E-state index in [0.29, 0.717) is 5.56 Å². The minimum absolute atomic E-state index is 0.0242. The fourth-order valence-electron chi connectivity index (χ4n) is 5.52. The second-order valence-corrected chi connectivity index (χ2v) is 11.2. The summed E-state index contributed by atoms with van der Waals surface area (Å²) in [5.74, 6) is -1.62. The van der Waals surface area contributed by atoms with Crippen LogP contribution in [0.1, 0.15) is 19.4 Å². The molecule has 3 aliphatic rings. The van der Waals surface area contributed by atoms with E-state index in [1.54, 1.807) is 18.7 Å². The highest BCUT2D eigenvalue weighted by atomic mass is 32.2. The number of thioether (sulfide) groups is 1. The number of rotatable bonds is 8. The summed E-state index contributed by atoms with van der Waals surface area (Å²) in [6.07, 6.45) is -0.755. The lowest BCUT2D eigenvalue weighted by Crippen LogP contribution is -2.63. The Morgan fingerprint density at radius 2 is 2.00 bits per heavy atom. The quantitative estimate of drug-likeness (QED) is 0.182. The van der Waals surface area contributed by atoms with Gasteiger partial charge in [-0.3, -0.25) is 24.7 Å². The Morgan fingerprint density at radius 1 is 1.36 bits per heavy atom. The monoisotopic (exact) mass is 516 g/mol. The van der Waals surface area contributed by atoms with Crippen molar-refractivity contribution in [2.24, 2.45) is 11.8 Å². The van der Waals surface area contributed by atoms with E-state index in [9.17, 15) is 24.8 Å². The molecule has 10 nitrogen and oxygen atoms in total. The number of benzene rings is 1. The zero-order valence-corrected chi connectivity index (χ0v) is 21.9. The molecular formula is C25H32N4O6S. The highest BCUT2D eigenvalue weighted by Crippen LogP contribution is 2.53. The molecule has 0 spiro atoms. The van der Waals surface area contributed by atoms with Crippen molar-refractivity contribution in [2.75, 3.05) is 27.7 Å². The molecule has 0 aliphatic carbocycles. The molecule has 0 aromatic heterocycles. The summed E-state index contributed by atoms with van der Waals surface area (Å²) in [5.41, 5.74) is 1.80. The summed E-state index contributed by atoms with van der Waals surface area (Å²) in [4.78, 5) is 43.3. The second kappa shape index (κ2) is 9.97. The standard InChI is InChI=1S/C25H32N4O6S/c1-13-18(11-27(6)23(13)26(4)5)36-22-14(2)20-19(15(3)30)24(31)28(20)21(22)25(32)35-12-16-7-9-17(10-8-16)29(33)34/h7-10,14-15,18-20,23,30H,1,11-12H2,2-6H3/t14-,15-,18-,19-,20-,23+/m1/s1. The number of hydrogen-bond donors (Lipinski definition) is 1. The number of carbonyl (C=O) groups is 2. The zero-order valence-electron chi connectivity index (χ0n) is 21.1. The van der Waals surface area contributed by atoms with Gasteiger partial charge in [0.1, 0.15) is 12.3 Å². The van der Waals surface area contributed by atoms with Crippen molar-refractivity contribution in [3.63, 3.8) is 0 Å². The normalized spacial score (nSPS) is 29.0. The summed E-state index contributed by atoms with van der Waals surface area (Å²) >= 11 is 1.54. The van der Waals surface area contributed by atoms with Crippen molar-refractivity contribution in [1.29, 1.82) is 0 Å². The highest BCUT2D eigenvalue weighted by Gasteiger charge is 2.60. The summed E-state index contributed by atoms with van der Waals surface area (Å²) < 4.78 is 5.58. The number of β-lactam (4-membered cyclic amide) rings is 1. The van der Waals surface area contributed by atoms with Crippen LogP contribution in [-0.2, 0) is 20.9 Å². The molecule has 0 unspecified atom stereocenters. The van der Waals surface area contributed by atoms with Gasteiger partial charge in [0.25, 0.3) is 5.69 Å². The zero-order chi connectivity index (χ0) is 26.5. The Balaban J connectivity index is 1.59. The van der Waals surface area contributed by atoms with Crippen LogP contribution in [0.2, 0.25) is 0 Å². The van der Waals surface area contributed by atoms with Crippen molar-refractivity contribution >= 4 is 29.3 Å². The molecule has 0 radical (unpaired) electrons. The lowest BCUT2D eigenvalue weighted by Gasteiger charge is -2.46. The molecule has 36 heavy (non-hydrogen) atoms. The SMILES string of the molecule is C=C1[C@H](SC2=C(C(=O)OCc3ccc([N+](=O)[O-])cc3)N3C(=O)[C@H]([C@@H](C)O)[C@H]3[C@H]2C)CN(C)[C@@H]1N(C)C. The summed E-state index contributed by atoms with van der Waals surface area (Å²) in [7, 11) is 6.02.